The number of phenols is 2. The second-order valence-electron chi connectivity index (χ2n) is 8.07. The monoisotopic (exact) mass is 317 g/mol. The number of aliphatic hydroxyl groups is 1. The standard InChI is InChI=1S/C19H27NO3/c1-19-6-5-11-12(14(19)9-17(23)18(19)20-2)4-3-10-7-15(21)16(22)8-13(10)11/h7-8,11-12,14,17-18,20-23H,3-6,9H2,1-2H3/t11-,12-,14-,17-,18+,19+/m1/s1. The van der Waals surface area contributed by atoms with Crippen molar-refractivity contribution in [3.05, 3.63) is 23.3 Å². The Labute approximate surface area is 137 Å². The zero-order chi connectivity index (χ0) is 16.4. The molecule has 3 aliphatic carbocycles. The summed E-state index contributed by atoms with van der Waals surface area (Å²) in [7, 11) is 1.96. The van der Waals surface area contributed by atoms with E-state index in [0.29, 0.717) is 17.8 Å². The molecular weight excluding hydrogens is 290 g/mol. The minimum Gasteiger partial charge on any atom is -0.504 e. The Kier molecular flexibility index (Phi) is 3.40. The molecule has 4 heteroatoms. The van der Waals surface area contributed by atoms with Crippen LogP contribution in [0.2, 0.25) is 0 Å². The molecule has 0 saturated heterocycles. The molecule has 0 bridgehead atoms. The van der Waals surface area contributed by atoms with Crippen LogP contribution in [0, 0.1) is 17.3 Å². The predicted octanol–water partition coefficient (Wildman–Crippen LogP) is 2.51. The van der Waals surface area contributed by atoms with Crippen molar-refractivity contribution in [2.24, 2.45) is 17.3 Å². The van der Waals surface area contributed by atoms with Gasteiger partial charge in [0.05, 0.1) is 6.10 Å². The number of fused-ring (bicyclic) bond motifs is 5. The van der Waals surface area contributed by atoms with E-state index >= 15 is 0 Å². The molecule has 4 rings (SSSR count). The number of hydrogen-bond donors (Lipinski definition) is 4. The quantitative estimate of drug-likeness (QED) is 0.601. The maximum absolute atomic E-state index is 10.5. The molecule has 0 aliphatic heterocycles. The molecule has 6 atom stereocenters. The Balaban J connectivity index is 1.71. The van der Waals surface area contributed by atoms with Crippen LogP contribution < -0.4 is 5.32 Å². The largest absolute Gasteiger partial charge is 0.504 e. The van der Waals surface area contributed by atoms with Crippen LogP contribution in [0.4, 0.5) is 0 Å². The molecule has 1 aromatic carbocycles. The van der Waals surface area contributed by atoms with E-state index in [2.05, 4.69) is 12.2 Å². The van der Waals surface area contributed by atoms with Crippen LogP contribution in [0.25, 0.3) is 0 Å². The van der Waals surface area contributed by atoms with Crippen LogP contribution in [0.5, 0.6) is 11.5 Å². The van der Waals surface area contributed by atoms with Crippen molar-refractivity contribution in [3.8, 4) is 11.5 Å². The Bertz CT molecular complexity index is 631. The highest BCUT2D eigenvalue weighted by Gasteiger charge is 2.57. The Hall–Kier alpha value is -1.26. The van der Waals surface area contributed by atoms with Gasteiger partial charge in [0, 0.05) is 6.04 Å². The van der Waals surface area contributed by atoms with Crippen LogP contribution >= 0.6 is 0 Å². The number of nitrogens with one attached hydrogen (secondary N) is 1. The highest BCUT2D eigenvalue weighted by molar-refractivity contribution is 5.48. The first-order valence-corrected chi connectivity index (χ1v) is 8.85. The number of benzene rings is 1. The molecule has 0 heterocycles. The highest BCUT2D eigenvalue weighted by Crippen LogP contribution is 2.61. The van der Waals surface area contributed by atoms with Gasteiger partial charge < -0.3 is 20.6 Å². The minimum absolute atomic E-state index is 0.00251. The fourth-order valence-electron chi connectivity index (χ4n) is 6.13. The molecule has 0 spiro atoms. The number of aliphatic hydroxyl groups excluding tert-OH is 1. The van der Waals surface area contributed by atoms with Crippen LogP contribution in [-0.2, 0) is 6.42 Å². The van der Waals surface area contributed by atoms with Crippen LogP contribution in [0.1, 0.15) is 49.7 Å². The first-order chi connectivity index (χ1) is 11.0. The SMILES string of the molecule is CN[C@H]1[C@H](O)C[C@@H]2[C@@H]3CCc4cc(O)c(O)cc4[C@@H]3CC[C@@]21C. The molecule has 3 aliphatic rings. The zero-order valence-corrected chi connectivity index (χ0v) is 13.9. The molecular formula is C19H27NO3. The highest BCUT2D eigenvalue weighted by atomic mass is 16.3. The van der Waals surface area contributed by atoms with E-state index in [0.717, 1.165) is 32.1 Å². The van der Waals surface area contributed by atoms with E-state index in [1.807, 2.05) is 7.05 Å². The van der Waals surface area contributed by atoms with Crippen molar-refractivity contribution in [1.82, 2.24) is 5.32 Å². The number of rotatable bonds is 1. The minimum atomic E-state index is -0.261. The van der Waals surface area contributed by atoms with Gasteiger partial charge in [0.2, 0.25) is 0 Å². The van der Waals surface area contributed by atoms with Gasteiger partial charge in [-0.25, -0.2) is 0 Å². The zero-order valence-electron chi connectivity index (χ0n) is 13.9. The lowest BCUT2D eigenvalue weighted by Gasteiger charge is -2.50. The van der Waals surface area contributed by atoms with Crippen LogP contribution in [0.15, 0.2) is 12.1 Å². The van der Waals surface area contributed by atoms with Crippen molar-refractivity contribution < 1.29 is 15.3 Å². The summed E-state index contributed by atoms with van der Waals surface area (Å²) in [6.45, 7) is 2.34. The van der Waals surface area contributed by atoms with Gasteiger partial charge in [-0.3, -0.25) is 0 Å². The molecule has 0 radical (unpaired) electrons. The van der Waals surface area contributed by atoms with E-state index in [1.54, 1.807) is 12.1 Å². The average Bonchev–Trinajstić information content (AvgIpc) is 2.78. The smallest absolute Gasteiger partial charge is 0.157 e. The summed E-state index contributed by atoms with van der Waals surface area (Å²) >= 11 is 0. The molecule has 1 aromatic rings. The van der Waals surface area contributed by atoms with Gasteiger partial charge in [0.15, 0.2) is 11.5 Å². The Morgan fingerprint density at radius 1 is 1.17 bits per heavy atom. The van der Waals surface area contributed by atoms with Crippen molar-refractivity contribution >= 4 is 0 Å². The summed E-state index contributed by atoms with van der Waals surface area (Å²) in [5.74, 6) is 1.54. The van der Waals surface area contributed by atoms with Gasteiger partial charge in [-0.1, -0.05) is 6.92 Å². The van der Waals surface area contributed by atoms with Gasteiger partial charge in [0.25, 0.3) is 0 Å². The molecule has 0 amide bonds. The van der Waals surface area contributed by atoms with Crippen molar-refractivity contribution in [1.29, 1.82) is 0 Å². The number of likely N-dealkylation sites (N-methyl/N-ethyl adjacent to an activating group) is 1. The maximum Gasteiger partial charge on any atom is 0.157 e. The molecule has 23 heavy (non-hydrogen) atoms. The predicted molar refractivity (Wildman–Crippen MR) is 88.6 cm³/mol. The molecule has 126 valence electrons. The second-order valence-corrected chi connectivity index (χ2v) is 8.07. The summed E-state index contributed by atoms with van der Waals surface area (Å²) in [4.78, 5) is 0. The molecule has 0 unspecified atom stereocenters. The fourth-order valence-corrected chi connectivity index (χ4v) is 6.13. The summed E-state index contributed by atoms with van der Waals surface area (Å²) in [6.07, 6.45) is 4.89. The van der Waals surface area contributed by atoms with Gasteiger partial charge in [-0.2, -0.15) is 0 Å². The summed E-state index contributed by atoms with van der Waals surface area (Å²) in [6, 6.07) is 3.71. The molecule has 2 saturated carbocycles. The molecule has 4 nitrogen and oxygen atoms in total. The van der Waals surface area contributed by atoms with E-state index in [9.17, 15) is 15.3 Å². The average molecular weight is 317 g/mol. The van der Waals surface area contributed by atoms with Crippen LogP contribution in [-0.4, -0.2) is 34.5 Å². The van der Waals surface area contributed by atoms with Gasteiger partial charge in [0.1, 0.15) is 0 Å². The van der Waals surface area contributed by atoms with E-state index in [1.165, 1.54) is 11.1 Å². The van der Waals surface area contributed by atoms with E-state index in [4.69, 9.17) is 0 Å². The molecule has 0 aromatic heterocycles. The van der Waals surface area contributed by atoms with Crippen LogP contribution in [0.3, 0.4) is 0 Å². The third kappa shape index (κ3) is 2.04. The molecule has 4 N–H and O–H groups in total. The summed E-state index contributed by atoms with van der Waals surface area (Å²) in [5, 5.41) is 33.6. The Morgan fingerprint density at radius 3 is 2.65 bits per heavy atom. The number of aromatic hydroxyl groups is 2. The lowest BCUT2D eigenvalue weighted by atomic mass is 9.55. The van der Waals surface area contributed by atoms with Gasteiger partial charge >= 0.3 is 0 Å². The lowest BCUT2D eigenvalue weighted by molar-refractivity contribution is 0.0382. The number of phenolic OH excluding ortho intramolecular Hbond substituents is 2. The Morgan fingerprint density at radius 2 is 1.91 bits per heavy atom. The van der Waals surface area contributed by atoms with Crippen molar-refractivity contribution in [2.75, 3.05) is 7.05 Å². The van der Waals surface area contributed by atoms with Crippen molar-refractivity contribution in [3.63, 3.8) is 0 Å². The first kappa shape index (κ1) is 15.3. The fraction of sp³-hybridized carbons (Fsp3) is 0.684. The summed E-state index contributed by atoms with van der Waals surface area (Å²) in [5.41, 5.74) is 2.57. The number of aryl methyl sites for hydroxylation is 1. The normalized spacial score (nSPS) is 42.0. The second kappa shape index (κ2) is 5.12. The topological polar surface area (TPSA) is 72.7 Å². The first-order valence-electron chi connectivity index (χ1n) is 8.85. The summed E-state index contributed by atoms with van der Waals surface area (Å²) < 4.78 is 0. The maximum atomic E-state index is 10.5. The van der Waals surface area contributed by atoms with E-state index in [-0.39, 0.29) is 29.1 Å². The van der Waals surface area contributed by atoms with Gasteiger partial charge in [-0.05, 0) is 85.6 Å². The van der Waals surface area contributed by atoms with Crippen molar-refractivity contribution in [2.45, 2.75) is 57.1 Å². The lowest BCUT2D eigenvalue weighted by Crippen LogP contribution is -2.49. The third-order valence-electron chi connectivity index (χ3n) is 7.16. The van der Waals surface area contributed by atoms with Gasteiger partial charge in [-0.15, -0.1) is 0 Å². The van der Waals surface area contributed by atoms with E-state index < -0.39 is 0 Å². The third-order valence-corrected chi connectivity index (χ3v) is 7.16. The number of hydrogen-bond acceptors (Lipinski definition) is 4. The molecule has 2 fully saturated rings.